The summed E-state index contributed by atoms with van der Waals surface area (Å²) in [6, 6.07) is 11.6. The maximum Gasteiger partial charge on any atom is 0.288 e. The van der Waals surface area contributed by atoms with Crippen LogP contribution in [0.3, 0.4) is 0 Å². The summed E-state index contributed by atoms with van der Waals surface area (Å²) in [5.74, 6) is 0.219. The van der Waals surface area contributed by atoms with E-state index in [-0.39, 0.29) is 16.3 Å². The molecule has 1 amide bonds. The summed E-state index contributed by atoms with van der Waals surface area (Å²) >= 11 is 7.18. The first-order chi connectivity index (χ1) is 13.8. The van der Waals surface area contributed by atoms with Crippen molar-refractivity contribution in [1.29, 1.82) is 0 Å². The fraction of sp³-hybridized carbons (Fsp3) is 0.200. The van der Waals surface area contributed by atoms with Crippen LogP contribution in [-0.2, 0) is 7.05 Å². The van der Waals surface area contributed by atoms with Crippen molar-refractivity contribution in [1.82, 2.24) is 4.57 Å². The highest BCUT2D eigenvalue weighted by Gasteiger charge is 2.17. The van der Waals surface area contributed by atoms with Crippen molar-refractivity contribution in [3.63, 3.8) is 0 Å². The molecule has 0 aliphatic carbocycles. The average molecular weight is 432 g/mol. The standard InChI is InChI=1S/C20H18ClN3O4S/c1-4-28-15-8-5-13(6-9-15)18-12(2)29-20(23(18)3)22-19(25)14-7-10-16(21)17(11-14)24(26)27/h5-11H,4H2,1-3H3. The number of nitro benzene ring substituents is 1. The molecule has 0 aliphatic heterocycles. The molecule has 0 saturated carbocycles. The lowest BCUT2D eigenvalue weighted by atomic mass is 10.1. The molecule has 0 saturated heterocycles. The zero-order valence-corrected chi connectivity index (χ0v) is 17.6. The van der Waals surface area contributed by atoms with Gasteiger partial charge < -0.3 is 9.30 Å². The molecule has 0 N–H and O–H groups in total. The Morgan fingerprint density at radius 2 is 1.97 bits per heavy atom. The van der Waals surface area contributed by atoms with Crippen molar-refractivity contribution in [2.45, 2.75) is 13.8 Å². The summed E-state index contributed by atoms with van der Waals surface area (Å²) in [5.41, 5.74) is 1.69. The Morgan fingerprint density at radius 3 is 2.59 bits per heavy atom. The van der Waals surface area contributed by atoms with Gasteiger partial charge in [0.15, 0.2) is 4.80 Å². The number of nitro groups is 1. The Hall–Kier alpha value is -2.97. The van der Waals surface area contributed by atoms with E-state index in [0.717, 1.165) is 28.0 Å². The number of ether oxygens (including phenoxy) is 1. The molecule has 1 aromatic heterocycles. The second-order valence-corrected chi connectivity index (χ2v) is 7.73. The molecule has 9 heteroatoms. The molecule has 7 nitrogen and oxygen atoms in total. The van der Waals surface area contributed by atoms with Crippen LogP contribution in [0, 0.1) is 17.0 Å². The summed E-state index contributed by atoms with van der Waals surface area (Å²) < 4.78 is 7.31. The Morgan fingerprint density at radius 1 is 1.28 bits per heavy atom. The minimum Gasteiger partial charge on any atom is -0.494 e. The van der Waals surface area contributed by atoms with Gasteiger partial charge in [0.1, 0.15) is 10.8 Å². The zero-order valence-electron chi connectivity index (χ0n) is 16.0. The molecule has 2 aromatic carbocycles. The van der Waals surface area contributed by atoms with Crippen LogP contribution in [0.4, 0.5) is 5.69 Å². The van der Waals surface area contributed by atoms with Crippen LogP contribution >= 0.6 is 22.9 Å². The maximum atomic E-state index is 12.6. The van der Waals surface area contributed by atoms with Gasteiger partial charge in [-0.15, -0.1) is 11.3 Å². The summed E-state index contributed by atoms with van der Waals surface area (Å²) in [5, 5.41) is 11.0. The number of hydrogen-bond donors (Lipinski definition) is 0. The Balaban J connectivity index is 1.99. The first kappa shape index (κ1) is 20.8. The molecule has 0 radical (unpaired) electrons. The van der Waals surface area contributed by atoms with E-state index < -0.39 is 10.8 Å². The molecule has 0 bridgehead atoms. The summed E-state index contributed by atoms with van der Waals surface area (Å²) in [4.78, 5) is 28.6. The molecule has 3 aromatic rings. The van der Waals surface area contributed by atoms with Gasteiger partial charge in [0.25, 0.3) is 11.6 Å². The molecule has 3 rings (SSSR count). The largest absolute Gasteiger partial charge is 0.494 e. The molecule has 0 atom stereocenters. The molecule has 0 aliphatic rings. The van der Waals surface area contributed by atoms with Gasteiger partial charge in [0.2, 0.25) is 0 Å². The number of carbonyl (C=O) groups excluding carboxylic acids is 1. The van der Waals surface area contributed by atoms with E-state index in [1.165, 1.54) is 23.5 Å². The second-order valence-electron chi connectivity index (χ2n) is 6.15. The number of halogens is 1. The number of rotatable bonds is 5. The monoisotopic (exact) mass is 431 g/mol. The van der Waals surface area contributed by atoms with Gasteiger partial charge in [0.05, 0.1) is 17.2 Å². The number of benzene rings is 2. The van der Waals surface area contributed by atoms with E-state index in [2.05, 4.69) is 4.99 Å². The van der Waals surface area contributed by atoms with E-state index in [0.29, 0.717) is 11.4 Å². The number of aryl methyl sites for hydroxylation is 1. The Kier molecular flexibility index (Phi) is 6.14. The summed E-state index contributed by atoms with van der Waals surface area (Å²) in [7, 11) is 1.83. The van der Waals surface area contributed by atoms with Crippen molar-refractivity contribution < 1.29 is 14.5 Å². The van der Waals surface area contributed by atoms with Crippen molar-refractivity contribution in [2.75, 3.05) is 6.61 Å². The van der Waals surface area contributed by atoms with Gasteiger partial charge in [-0.2, -0.15) is 4.99 Å². The summed E-state index contributed by atoms with van der Waals surface area (Å²) in [6.07, 6.45) is 0. The van der Waals surface area contributed by atoms with Crippen molar-refractivity contribution in [3.05, 3.63) is 72.8 Å². The molecule has 1 heterocycles. The van der Waals surface area contributed by atoms with Crippen LogP contribution in [0.15, 0.2) is 47.5 Å². The van der Waals surface area contributed by atoms with Crippen LogP contribution < -0.4 is 9.54 Å². The van der Waals surface area contributed by atoms with E-state index in [9.17, 15) is 14.9 Å². The molecule has 0 spiro atoms. The predicted octanol–water partition coefficient (Wildman–Crippen LogP) is 4.76. The number of aromatic nitrogens is 1. The lowest BCUT2D eigenvalue weighted by molar-refractivity contribution is -0.384. The highest BCUT2D eigenvalue weighted by Crippen LogP contribution is 2.27. The summed E-state index contributed by atoms with van der Waals surface area (Å²) in [6.45, 7) is 4.47. The van der Waals surface area contributed by atoms with Gasteiger partial charge >= 0.3 is 0 Å². The van der Waals surface area contributed by atoms with Crippen molar-refractivity contribution >= 4 is 34.5 Å². The van der Waals surface area contributed by atoms with Gasteiger partial charge in [-0.1, -0.05) is 11.6 Å². The van der Waals surface area contributed by atoms with E-state index >= 15 is 0 Å². The predicted molar refractivity (Wildman–Crippen MR) is 113 cm³/mol. The van der Waals surface area contributed by atoms with Crippen LogP contribution in [0.25, 0.3) is 11.3 Å². The van der Waals surface area contributed by atoms with Crippen LogP contribution in [0.5, 0.6) is 5.75 Å². The lowest BCUT2D eigenvalue weighted by Gasteiger charge is -2.07. The average Bonchev–Trinajstić information content (AvgIpc) is 2.96. The van der Waals surface area contributed by atoms with Crippen molar-refractivity contribution in [2.24, 2.45) is 12.0 Å². The highest BCUT2D eigenvalue weighted by atomic mass is 35.5. The highest BCUT2D eigenvalue weighted by molar-refractivity contribution is 7.09. The third-order valence-corrected chi connectivity index (χ3v) is 5.59. The Bertz CT molecular complexity index is 1150. The smallest absolute Gasteiger partial charge is 0.288 e. The van der Waals surface area contributed by atoms with Crippen LogP contribution in [-0.4, -0.2) is 22.0 Å². The molecular formula is C20H18ClN3O4S. The normalized spacial score (nSPS) is 11.5. The molecule has 0 unspecified atom stereocenters. The number of hydrogen-bond acceptors (Lipinski definition) is 5. The topological polar surface area (TPSA) is 86.7 Å². The minimum absolute atomic E-state index is 0.0261. The van der Waals surface area contributed by atoms with E-state index in [1.54, 1.807) is 0 Å². The zero-order chi connectivity index (χ0) is 21.1. The quantitative estimate of drug-likeness (QED) is 0.430. The van der Waals surface area contributed by atoms with Gasteiger partial charge in [0, 0.05) is 23.6 Å². The molecule has 0 fully saturated rings. The molecular weight excluding hydrogens is 414 g/mol. The lowest BCUT2D eigenvalue weighted by Crippen LogP contribution is -2.14. The first-order valence-electron chi connectivity index (χ1n) is 8.74. The first-order valence-corrected chi connectivity index (χ1v) is 9.94. The third-order valence-electron chi connectivity index (χ3n) is 4.23. The van der Waals surface area contributed by atoms with Crippen molar-refractivity contribution in [3.8, 4) is 17.0 Å². The number of carbonyl (C=O) groups is 1. The third kappa shape index (κ3) is 4.38. The van der Waals surface area contributed by atoms with Crippen LogP contribution in [0.1, 0.15) is 22.2 Å². The number of amides is 1. The number of nitrogens with zero attached hydrogens (tertiary/aromatic N) is 3. The van der Waals surface area contributed by atoms with Gasteiger partial charge in [-0.05, 0) is 55.8 Å². The van der Waals surface area contributed by atoms with E-state index in [1.807, 2.05) is 49.7 Å². The SMILES string of the molecule is CCOc1ccc(-c2c(C)sc(=NC(=O)c3ccc(Cl)c([N+](=O)[O-])c3)n2C)cc1. The van der Waals surface area contributed by atoms with E-state index in [4.69, 9.17) is 16.3 Å². The van der Waals surface area contributed by atoms with Gasteiger partial charge in [-0.3, -0.25) is 14.9 Å². The fourth-order valence-corrected chi connectivity index (χ4v) is 4.06. The maximum absolute atomic E-state index is 12.6. The Labute approximate surface area is 176 Å². The fourth-order valence-electron chi connectivity index (χ4n) is 2.89. The number of thiazole rings is 1. The van der Waals surface area contributed by atoms with Crippen LogP contribution in [0.2, 0.25) is 5.02 Å². The second kappa shape index (κ2) is 8.59. The van der Waals surface area contributed by atoms with Gasteiger partial charge in [-0.25, -0.2) is 0 Å². The minimum atomic E-state index is -0.627. The molecule has 29 heavy (non-hydrogen) atoms. The molecule has 150 valence electrons.